The fraction of sp³-hybridized carbons (Fsp3) is 0.833. The van der Waals surface area contributed by atoms with Crippen LogP contribution in [0.25, 0.3) is 0 Å². The SMILES string of the molecule is O=C=NC(C(F)F)C1CC1. The summed E-state index contributed by atoms with van der Waals surface area (Å²) in [7, 11) is 0. The van der Waals surface area contributed by atoms with E-state index in [1.165, 1.54) is 6.08 Å². The van der Waals surface area contributed by atoms with E-state index in [0.717, 1.165) is 12.8 Å². The van der Waals surface area contributed by atoms with Crippen molar-refractivity contribution in [2.24, 2.45) is 10.9 Å². The molecular weight excluding hydrogens is 140 g/mol. The number of aliphatic imine (C=N–C) groups is 1. The number of carbonyl (C=O) groups excluding carboxylic acids is 1. The van der Waals surface area contributed by atoms with E-state index in [2.05, 4.69) is 4.99 Å². The molecule has 0 saturated heterocycles. The zero-order chi connectivity index (χ0) is 7.56. The molecule has 0 aromatic heterocycles. The predicted octanol–water partition coefficient (Wildman–Crippen LogP) is 1.37. The van der Waals surface area contributed by atoms with E-state index in [1.54, 1.807) is 0 Å². The minimum atomic E-state index is -2.51. The average molecular weight is 147 g/mol. The summed E-state index contributed by atoms with van der Waals surface area (Å²) in [6.07, 6.45) is 0.188. The number of alkyl halides is 2. The Kier molecular flexibility index (Phi) is 2.12. The van der Waals surface area contributed by atoms with Gasteiger partial charge in [-0.05, 0) is 18.8 Å². The molecule has 0 bridgehead atoms. The van der Waals surface area contributed by atoms with Crippen LogP contribution in [0.1, 0.15) is 12.8 Å². The monoisotopic (exact) mass is 147 g/mol. The smallest absolute Gasteiger partial charge is 0.211 e. The fourth-order valence-corrected chi connectivity index (χ4v) is 0.866. The number of hydrogen-bond acceptors (Lipinski definition) is 2. The van der Waals surface area contributed by atoms with Gasteiger partial charge < -0.3 is 0 Å². The van der Waals surface area contributed by atoms with Gasteiger partial charge in [0.2, 0.25) is 6.08 Å². The number of rotatable bonds is 3. The second-order valence-corrected chi connectivity index (χ2v) is 2.38. The molecule has 0 aliphatic heterocycles. The zero-order valence-corrected chi connectivity index (χ0v) is 5.26. The number of halogens is 2. The molecular formula is C6H7F2NO. The van der Waals surface area contributed by atoms with E-state index in [-0.39, 0.29) is 5.92 Å². The largest absolute Gasteiger partial charge is 0.261 e. The predicted molar refractivity (Wildman–Crippen MR) is 30.6 cm³/mol. The van der Waals surface area contributed by atoms with Crippen LogP contribution in [0.3, 0.4) is 0 Å². The molecule has 1 unspecified atom stereocenters. The Hall–Kier alpha value is -0.760. The number of isocyanates is 1. The molecule has 1 saturated carbocycles. The van der Waals surface area contributed by atoms with Crippen LogP contribution in [0.2, 0.25) is 0 Å². The first-order valence-corrected chi connectivity index (χ1v) is 3.11. The second kappa shape index (κ2) is 2.88. The molecule has 56 valence electrons. The minimum Gasteiger partial charge on any atom is -0.211 e. The summed E-state index contributed by atoms with van der Waals surface area (Å²) in [5.41, 5.74) is 0. The summed E-state index contributed by atoms with van der Waals surface area (Å²) in [4.78, 5) is 12.7. The molecule has 1 rings (SSSR count). The van der Waals surface area contributed by atoms with Crippen molar-refractivity contribution in [2.75, 3.05) is 0 Å². The maximum Gasteiger partial charge on any atom is 0.261 e. The quantitative estimate of drug-likeness (QED) is 0.437. The Labute approximate surface area is 56.9 Å². The van der Waals surface area contributed by atoms with Crippen molar-refractivity contribution in [2.45, 2.75) is 25.3 Å². The highest BCUT2D eigenvalue weighted by molar-refractivity contribution is 5.34. The molecule has 0 spiro atoms. The van der Waals surface area contributed by atoms with Gasteiger partial charge in [-0.15, -0.1) is 0 Å². The van der Waals surface area contributed by atoms with Crippen LogP contribution in [-0.2, 0) is 4.79 Å². The van der Waals surface area contributed by atoms with Crippen LogP contribution in [-0.4, -0.2) is 18.5 Å². The van der Waals surface area contributed by atoms with Crippen molar-refractivity contribution >= 4 is 6.08 Å². The maximum absolute atomic E-state index is 11.9. The van der Waals surface area contributed by atoms with Gasteiger partial charge >= 0.3 is 0 Å². The lowest BCUT2D eigenvalue weighted by Gasteiger charge is -2.05. The van der Waals surface area contributed by atoms with Gasteiger partial charge in [0, 0.05) is 0 Å². The third kappa shape index (κ3) is 1.61. The first-order valence-electron chi connectivity index (χ1n) is 3.11. The summed E-state index contributed by atoms with van der Waals surface area (Å²) < 4.78 is 23.8. The number of hydrogen-bond donors (Lipinski definition) is 0. The first kappa shape index (κ1) is 7.35. The highest BCUT2D eigenvalue weighted by Crippen LogP contribution is 2.36. The van der Waals surface area contributed by atoms with Crippen LogP contribution < -0.4 is 0 Å². The molecule has 4 heteroatoms. The summed E-state index contributed by atoms with van der Waals surface area (Å²) in [6, 6.07) is -1.09. The van der Waals surface area contributed by atoms with Crippen LogP contribution in [0, 0.1) is 5.92 Å². The molecule has 0 aromatic rings. The second-order valence-electron chi connectivity index (χ2n) is 2.38. The van der Waals surface area contributed by atoms with Crippen LogP contribution in [0.5, 0.6) is 0 Å². The Bertz CT molecular complexity index is 159. The highest BCUT2D eigenvalue weighted by Gasteiger charge is 2.37. The molecule has 2 nitrogen and oxygen atoms in total. The zero-order valence-electron chi connectivity index (χ0n) is 5.26. The van der Waals surface area contributed by atoms with Crippen molar-refractivity contribution in [1.29, 1.82) is 0 Å². The van der Waals surface area contributed by atoms with Crippen molar-refractivity contribution in [1.82, 2.24) is 0 Å². The van der Waals surface area contributed by atoms with E-state index in [0.29, 0.717) is 0 Å². The minimum absolute atomic E-state index is 0.0681. The van der Waals surface area contributed by atoms with Crippen LogP contribution in [0.15, 0.2) is 4.99 Å². The topological polar surface area (TPSA) is 29.4 Å². The summed E-state index contributed by atoms with van der Waals surface area (Å²) in [5.74, 6) is -0.0681. The molecule has 0 N–H and O–H groups in total. The maximum atomic E-state index is 11.9. The van der Waals surface area contributed by atoms with Gasteiger partial charge in [0.25, 0.3) is 6.43 Å². The lowest BCUT2D eigenvalue weighted by molar-refractivity contribution is 0.108. The van der Waals surface area contributed by atoms with Crippen molar-refractivity contribution in [3.05, 3.63) is 0 Å². The molecule has 0 heterocycles. The molecule has 0 amide bonds. The van der Waals surface area contributed by atoms with E-state index < -0.39 is 12.5 Å². The lowest BCUT2D eigenvalue weighted by Crippen LogP contribution is -2.17. The van der Waals surface area contributed by atoms with Crippen molar-refractivity contribution in [3.63, 3.8) is 0 Å². The highest BCUT2D eigenvalue weighted by atomic mass is 19.3. The summed E-state index contributed by atoms with van der Waals surface area (Å²) >= 11 is 0. The fourth-order valence-electron chi connectivity index (χ4n) is 0.866. The molecule has 1 fully saturated rings. The van der Waals surface area contributed by atoms with Crippen molar-refractivity contribution in [3.8, 4) is 0 Å². The average Bonchev–Trinajstić information content (AvgIpc) is 2.63. The molecule has 0 radical (unpaired) electrons. The lowest BCUT2D eigenvalue weighted by atomic mass is 10.2. The Morgan fingerprint density at radius 2 is 2.10 bits per heavy atom. The van der Waals surface area contributed by atoms with Crippen LogP contribution >= 0.6 is 0 Å². The standard InChI is InChI=1S/C6H7F2NO/c7-6(8)5(9-3-10)4-1-2-4/h4-6H,1-2H2. The Balaban J connectivity index is 2.49. The normalized spacial score (nSPS) is 20.3. The van der Waals surface area contributed by atoms with Gasteiger partial charge in [-0.2, -0.15) is 4.99 Å². The summed E-state index contributed by atoms with van der Waals surface area (Å²) in [6.45, 7) is 0. The third-order valence-electron chi connectivity index (χ3n) is 1.56. The van der Waals surface area contributed by atoms with E-state index in [4.69, 9.17) is 0 Å². The molecule has 1 aliphatic carbocycles. The Morgan fingerprint density at radius 3 is 2.40 bits per heavy atom. The summed E-state index contributed by atoms with van der Waals surface area (Å²) in [5, 5.41) is 0. The van der Waals surface area contributed by atoms with E-state index >= 15 is 0 Å². The van der Waals surface area contributed by atoms with Gasteiger partial charge in [0.15, 0.2) is 0 Å². The van der Waals surface area contributed by atoms with Gasteiger partial charge in [-0.3, -0.25) is 0 Å². The first-order chi connectivity index (χ1) is 4.75. The van der Waals surface area contributed by atoms with Crippen LogP contribution in [0.4, 0.5) is 8.78 Å². The number of nitrogens with zero attached hydrogens (tertiary/aromatic N) is 1. The molecule has 10 heavy (non-hydrogen) atoms. The Morgan fingerprint density at radius 1 is 1.50 bits per heavy atom. The van der Waals surface area contributed by atoms with Gasteiger partial charge in [0.1, 0.15) is 6.04 Å². The molecule has 1 aliphatic rings. The van der Waals surface area contributed by atoms with E-state index in [1.807, 2.05) is 0 Å². The third-order valence-corrected chi connectivity index (χ3v) is 1.56. The van der Waals surface area contributed by atoms with E-state index in [9.17, 15) is 13.6 Å². The molecule has 1 atom stereocenters. The van der Waals surface area contributed by atoms with Crippen molar-refractivity contribution < 1.29 is 13.6 Å². The van der Waals surface area contributed by atoms with Gasteiger partial charge in [-0.1, -0.05) is 0 Å². The van der Waals surface area contributed by atoms with Gasteiger partial charge in [0.05, 0.1) is 0 Å². The van der Waals surface area contributed by atoms with Gasteiger partial charge in [-0.25, -0.2) is 13.6 Å². The molecule has 0 aromatic carbocycles.